The van der Waals surface area contributed by atoms with Crippen LogP contribution in [0.4, 0.5) is 5.69 Å². The van der Waals surface area contributed by atoms with Gasteiger partial charge in [-0.2, -0.15) is 0 Å². The number of hydrogen-bond acceptors (Lipinski definition) is 5. The van der Waals surface area contributed by atoms with Gasteiger partial charge in [0, 0.05) is 26.0 Å². The Morgan fingerprint density at radius 1 is 1.33 bits per heavy atom. The van der Waals surface area contributed by atoms with Gasteiger partial charge in [-0.15, -0.1) is 0 Å². The number of carboxylic acid groups (broad SMARTS) is 1. The number of ether oxygens (including phenoxy) is 2. The van der Waals surface area contributed by atoms with Gasteiger partial charge in [-0.1, -0.05) is 12.1 Å². The summed E-state index contributed by atoms with van der Waals surface area (Å²) in [7, 11) is 0. The molecule has 1 aromatic carbocycles. The fourth-order valence-corrected chi connectivity index (χ4v) is 2.83. The third kappa shape index (κ3) is 3.05. The number of benzene rings is 1. The van der Waals surface area contributed by atoms with Crippen LogP contribution in [0.25, 0.3) is 0 Å². The first-order chi connectivity index (χ1) is 11.5. The molecule has 0 spiro atoms. The van der Waals surface area contributed by atoms with Crippen molar-refractivity contribution in [3.05, 3.63) is 24.3 Å². The van der Waals surface area contributed by atoms with Crippen molar-refractivity contribution in [1.29, 1.82) is 0 Å². The summed E-state index contributed by atoms with van der Waals surface area (Å²) in [6.45, 7) is 0.322. The monoisotopic (exact) mass is 334 g/mol. The number of amides is 2. The second kappa shape index (κ2) is 6.48. The maximum absolute atomic E-state index is 12.2. The average molecular weight is 334 g/mol. The number of fused-ring (bicyclic) bond motifs is 1. The number of rotatable bonds is 5. The van der Waals surface area contributed by atoms with Gasteiger partial charge >= 0.3 is 5.97 Å². The molecule has 8 heteroatoms. The first-order valence-electron chi connectivity index (χ1n) is 7.66. The number of carbonyl (C=O) groups excluding carboxylic acids is 2. The minimum atomic E-state index is -1.37. The maximum atomic E-state index is 12.2. The number of nitrogens with zero attached hydrogens (tertiary/aromatic N) is 1. The number of nitrogens with one attached hydrogen (secondary N) is 1. The second-order valence-corrected chi connectivity index (χ2v) is 5.79. The van der Waals surface area contributed by atoms with Crippen molar-refractivity contribution < 1.29 is 29.0 Å². The topological polar surface area (TPSA) is 105 Å². The predicted molar refractivity (Wildman–Crippen MR) is 82.9 cm³/mol. The molecule has 24 heavy (non-hydrogen) atoms. The highest BCUT2D eigenvalue weighted by molar-refractivity contribution is 5.98. The van der Waals surface area contributed by atoms with Crippen LogP contribution < -0.4 is 15.0 Å². The van der Waals surface area contributed by atoms with Gasteiger partial charge in [-0.05, 0) is 12.1 Å². The lowest BCUT2D eigenvalue weighted by atomic mass is 9.99. The summed E-state index contributed by atoms with van der Waals surface area (Å²) in [5.41, 5.74) is -0.761. The number of para-hydroxylation sites is 2. The van der Waals surface area contributed by atoms with Crippen molar-refractivity contribution in [3.8, 4) is 5.75 Å². The highest BCUT2D eigenvalue weighted by atomic mass is 16.5. The SMILES string of the molecule is O=C(CCN1C(=O)COc2ccccc21)NC1(C(=O)O)CCOC1. The highest BCUT2D eigenvalue weighted by Gasteiger charge is 2.43. The molecule has 8 nitrogen and oxygen atoms in total. The van der Waals surface area contributed by atoms with E-state index in [1.807, 2.05) is 0 Å². The summed E-state index contributed by atoms with van der Waals surface area (Å²) >= 11 is 0. The Hall–Kier alpha value is -2.61. The third-order valence-corrected chi connectivity index (χ3v) is 4.18. The molecule has 1 atom stereocenters. The second-order valence-electron chi connectivity index (χ2n) is 5.79. The zero-order chi connectivity index (χ0) is 17.2. The Balaban J connectivity index is 1.64. The quantitative estimate of drug-likeness (QED) is 0.795. The van der Waals surface area contributed by atoms with Crippen LogP contribution >= 0.6 is 0 Å². The van der Waals surface area contributed by atoms with Gasteiger partial charge in [0.15, 0.2) is 12.1 Å². The van der Waals surface area contributed by atoms with E-state index in [4.69, 9.17) is 9.47 Å². The summed E-state index contributed by atoms with van der Waals surface area (Å²) in [6, 6.07) is 7.08. The lowest BCUT2D eigenvalue weighted by molar-refractivity contribution is -0.147. The molecular weight excluding hydrogens is 316 g/mol. The summed E-state index contributed by atoms with van der Waals surface area (Å²) in [6.07, 6.45) is 0.225. The van der Waals surface area contributed by atoms with E-state index in [9.17, 15) is 19.5 Å². The van der Waals surface area contributed by atoms with Gasteiger partial charge < -0.3 is 24.8 Å². The number of anilines is 1. The fraction of sp³-hybridized carbons (Fsp3) is 0.438. The van der Waals surface area contributed by atoms with E-state index < -0.39 is 17.4 Å². The lowest BCUT2D eigenvalue weighted by Crippen LogP contribution is -2.55. The number of hydrogen-bond donors (Lipinski definition) is 2. The molecule has 0 saturated carbocycles. The maximum Gasteiger partial charge on any atom is 0.331 e. The van der Waals surface area contributed by atoms with E-state index in [1.54, 1.807) is 24.3 Å². The molecule has 1 fully saturated rings. The number of aliphatic carboxylic acids is 1. The lowest BCUT2D eigenvalue weighted by Gasteiger charge is -2.29. The van der Waals surface area contributed by atoms with Crippen LogP contribution in [0.3, 0.4) is 0 Å². The van der Waals surface area contributed by atoms with E-state index in [0.29, 0.717) is 18.0 Å². The van der Waals surface area contributed by atoms with Crippen molar-refractivity contribution in [1.82, 2.24) is 5.32 Å². The number of carboxylic acids is 1. The van der Waals surface area contributed by atoms with Crippen LogP contribution in [0.2, 0.25) is 0 Å². The van der Waals surface area contributed by atoms with Gasteiger partial charge in [-0.25, -0.2) is 4.79 Å². The normalized spacial score (nSPS) is 22.7. The zero-order valence-electron chi connectivity index (χ0n) is 13.0. The molecule has 0 aliphatic carbocycles. The van der Waals surface area contributed by atoms with Gasteiger partial charge in [-0.3, -0.25) is 9.59 Å². The van der Waals surface area contributed by atoms with Gasteiger partial charge in [0.2, 0.25) is 5.91 Å². The summed E-state index contributed by atoms with van der Waals surface area (Å²) in [5, 5.41) is 11.9. The summed E-state index contributed by atoms with van der Waals surface area (Å²) < 4.78 is 10.4. The molecule has 2 N–H and O–H groups in total. The molecule has 2 aliphatic heterocycles. The average Bonchev–Trinajstić information content (AvgIpc) is 3.04. The molecule has 2 aliphatic rings. The Kier molecular flexibility index (Phi) is 4.39. The Labute approximate surface area is 138 Å². The molecule has 1 unspecified atom stereocenters. The molecule has 3 rings (SSSR count). The van der Waals surface area contributed by atoms with Gasteiger partial charge in [0.25, 0.3) is 5.91 Å². The Bertz CT molecular complexity index is 668. The molecule has 128 valence electrons. The summed E-state index contributed by atoms with van der Waals surface area (Å²) in [5.74, 6) is -1.19. The van der Waals surface area contributed by atoms with Crippen LogP contribution in [0.5, 0.6) is 5.75 Å². The smallest absolute Gasteiger partial charge is 0.331 e. The first-order valence-corrected chi connectivity index (χ1v) is 7.66. The van der Waals surface area contributed by atoms with Gasteiger partial charge in [0.05, 0.1) is 12.3 Å². The molecule has 0 aromatic heterocycles. The molecule has 1 saturated heterocycles. The van der Waals surface area contributed by atoms with Crippen molar-refractivity contribution in [2.24, 2.45) is 0 Å². The van der Waals surface area contributed by atoms with Crippen molar-refractivity contribution in [3.63, 3.8) is 0 Å². The first kappa shape index (κ1) is 16.3. The van der Waals surface area contributed by atoms with E-state index in [-0.39, 0.29) is 38.5 Å². The fourth-order valence-electron chi connectivity index (χ4n) is 2.83. The van der Waals surface area contributed by atoms with Crippen molar-refractivity contribution in [2.75, 3.05) is 31.3 Å². The van der Waals surface area contributed by atoms with Crippen LogP contribution in [0, 0.1) is 0 Å². The van der Waals surface area contributed by atoms with Crippen molar-refractivity contribution in [2.45, 2.75) is 18.4 Å². The van der Waals surface area contributed by atoms with Crippen LogP contribution in [-0.2, 0) is 19.1 Å². The Morgan fingerprint density at radius 2 is 2.12 bits per heavy atom. The minimum absolute atomic E-state index is 0.00486. The standard InChI is InChI=1S/C16H18N2O6/c19-13(17-16(15(21)22)6-8-23-10-16)5-7-18-11-3-1-2-4-12(11)24-9-14(18)20/h1-4H,5-10H2,(H,17,19)(H,21,22). The molecule has 2 heterocycles. The molecule has 0 bridgehead atoms. The predicted octanol–water partition coefficient (Wildman–Crippen LogP) is 0.162. The summed E-state index contributed by atoms with van der Waals surface area (Å²) in [4.78, 5) is 37.1. The highest BCUT2D eigenvalue weighted by Crippen LogP contribution is 2.31. The molecule has 1 aromatic rings. The Morgan fingerprint density at radius 3 is 2.83 bits per heavy atom. The molecule has 0 radical (unpaired) electrons. The van der Waals surface area contributed by atoms with E-state index in [2.05, 4.69) is 5.32 Å². The van der Waals surface area contributed by atoms with Crippen LogP contribution in [-0.4, -0.2) is 54.8 Å². The van der Waals surface area contributed by atoms with E-state index >= 15 is 0 Å². The van der Waals surface area contributed by atoms with Crippen molar-refractivity contribution >= 4 is 23.5 Å². The van der Waals surface area contributed by atoms with Crippen LogP contribution in [0.1, 0.15) is 12.8 Å². The van der Waals surface area contributed by atoms with E-state index in [0.717, 1.165) is 0 Å². The zero-order valence-corrected chi connectivity index (χ0v) is 13.0. The molecule has 2 amide bonds. The van der Waals surface area contributed by atoms with Crippen LogP contribution in [0.15, 0.2) is 24.3 Å². The third-order valence-electron chi connectivity index (χ3n) is 4.18. The van der Waals surface area contributed by atoms with E-state index in [1.165, 1.54) is 4.90 Å². The minimum Gasteiger partial charge on any atom is -0.482 e. The molecular formula is C16H18N2O6. The number of carbonyl (C=O) groups is 3. The largest absolute Gasteiger partial charge is 0.482 e. The van der Waals surface area contributed by atoms with Gasteiger partial charge in [0.1, 0.15) is 5.75 Å².